The van der Waals surface area contributed by atoms with Crippen LogP contribution in [0.25, 0.3) is 0 Å². The molecule has 0 radical (unpaired) electrons. The molecule has 0 fully saturated rings. The molecule has 0 unspecified atom stereocenters. The van der Waals surface area contributed by atoms with Crippen LogP contribution in [-0.4, -0.2) is 26.0 Å². The highest BCUT2D eigenvalue weighted by molar-refractivity contribution is 14.1. The lowest BCUT2D eigenvalue weighted by Crippen LogP contribution is -2.16. The zero-order valence-electron chi connectivity index (χ0n) is 13.5. The average molecular weight is 440 g/mol. The smallest absolute Gasteiger partial charge is 0.256 e. The summed E-state index contributed by atoms with van der Waals surface area (Å²) in [6.07, 6.45) is 0. The van der Waals surface area contributed by atoms with Crippen LogP contribution in [0.3, 0.4) is 0 Å². The minimum absolute atomic E-state index is 0.286. The highest BCUT2D eigenvalue weighted by Crippen LogP contribution is 2.31. The number of primary amides is 1. The first-order valence-corrected chi connectivity index (χ1v) is 8.08. The molecule has 0 saturated carbocycles. The zero-order chi connectivity index (χ0) is 17.9. The van der Waals surface area contributed by atoms with Crippen LogP contribution >= 0.6 is 22.6 Å². The molecule has 7 heteroatoms. The Balaban J connectivity index is 2.30. The molecule has 0 aromatic heterocycles. The second-order valence-corrected chi connectivity index (χ2v) is 6.20. The summed E-state index contributed by atoms with van der Waals surface area (Å²) in [7, 11) is 3.05. The van der Waals surface area contributed by atoms with Crippen molar-refractivity contribution < 1.29 is 19.1 Å². The van der Waals surface area contributed by atoms with Gasteiger partial charge in [-0.05, 0) is 65.4 Å². The van der Waals surface area contributed by atoms with Gasteiger partial charge in [0, 0.05) is 14.8 Å². The highest BCUT2D eigenvalue weighted by atomic mass is 127. The van der Waals surface area contributed by atoms with Crippen molar-refractivity contribution in [2.45, 2.75) is 6.92 Å². The van der Waals surface area contributed by atoms with E-state index >= 15 is 0 Å². The van der Waals surface area contributed by atoms with E-state index in [-0.39, 0.29) is 5.91 Å². The zero-order valence-corrected chi connectivity index (χ0v) is 15.6. The molecule has 2 aromatic rings. The van der Waals surface area contributed by atoms with Crippen molar-refractivity contribution in [3.63, 3.8) is 0 Å². The molecular weight excluding hydrogens is 423 g/mol. The van der Waals surface area contributed by atoms with Gasteiger partial charge in [0.05, 0.1) is 19.8 Å². The van der Waals surface area contributed by atoms with Crippen molar-refractivity contribution in [3.05, 3.63) is 50.6 Å². The quantitative estimate of drug-likeness (QED) is 0.700. The number of hydrogen-bond donors (Lipinski definition) is 2. The molecule has 0 heterocycles. The van der Waals surface area contributed by atoms with Gasteiger partial charge in [0.25, 0.3) is 5.91 Å². The summed E-state index contributed by atoms with van der Waals surface area (Å²) in [5, 5.41) is 2.80. The minimum Gasteiger partial charge on any atom is -0.493 e. The van der Waals surface area contributed by atoms with Gasteiger partial charge in [-0.3, -0.25) is 9.59 Å². The maximum atomic E-state index is 12.5. The molecule has 0 aliphatic heterocycles. The van der Waals surface area contributed by atoms with Gasteiger partial charge in [-0.25, -0.2) is 0 Å². The Kier molecular flexibility index (Phi) is 5.66. The number of hydrogen-bond acceptors (Lipinski definition) is 4. The second-order valence-electron chi connectivity index (χ2n) is 5.04. The number of amides is 2. The summed E-state index contributed by atoms with van der Waals surface area (Å²) < 4.78 is 11.2. The van der Waals surface area contributed by atoms with Crippen molar-refractivity contribution in [2.24, 2.45) is 5.73 Å². The number of nitrogens with one attached hydrogen (secondary N) is 1. The fourth-order valence-electron chi connectivity index (χ4n) is 2.24. The first-order chi connectivity index (χ1) is 11.4. The Morgan fingerprint density at radius 3 is 2.21 bits per heavy atom. The summed E-state index contributed by atoms with van der Waals surface area (Å²) in [5.74, 6) is 0.245. The Morgan fingerprint density at radius 1 is 1.04 bits per heavy atom. The van der Waals surface area contributed by atoms with E-state index in [2.05, 4.69) is 27.9 Å². The lowest BCUT2D eigenvalue weighted by atomic mass is 10.1. The molecule has 2 amide bonds. The molecule has 0 aliphatic carbocycles. The molecular formula is C17H17IN2O4. The summed E-state index contributed by atoms with van der Waals surface area (Å²) >= 11 is 2.06. The molecule has 126 valence electrons. The molecule has 0 aliphatic rings. The third-order valence-electron chi connectivity index (χ3n) is 3.47. The van der Waals surface area contributed by atoms with Crippen molar-refractivity contribution >= 4 is 40.1 Å². The number of rotatable bonds is 5. The fourth-order valence-corrected chi connectivity index (χ4v) is 2.93. The van der Waals surface area contributed by atoms with E-state index < -0.39 is 5.91 Å². The number of benzene rings is 2. The van der Waals surface area contributed by atoms with Gasteiger partial charge in [-0.1, -0.05) is 0 Å². The first kappa shape index (κ1) is 18.1. The Labute approximate surface area is 153 Å². The molecule has 6 nitrogen and oxygen atoms in total. The van der Waals surface area contributed by atoms with E-state index in [1.54, 1.807) is 37.3 Å². The number of anilines is 1. The largest absolute Gasteiger partial charge is 0.493 e. The molecule has 3 N–H and O–H groups in total. The fraction of sp³-hybridized carbons (Fsp3) is 0.176. The van der Waals surface area contributed by atoms with E-state index in [0.29, 0.717) is 33.9 Å². The molecule has 0 spiro atoms. The Bertz CT molecular complexity index is 805. The Morgan fingerprint density at radius 2 is 1.67 bits per heavy atom. The van der Waals surface area contributed by atoms with Crippen molar-refractivity contribution in [1.82, 2.24) is 0 Å². The lowest BCUT2D eigenvalue weighted by molar-refractivity contribution is 0.0997. The number of aryl methyl sites for hydroxylation is 1. The van der Waals surface area contributed by atoms with Crippen LogP contribution in [0.5, 0.6) is 11.5 Å². The van der Waals surface area contributed by atoms with Gasteiger partial charge in [0.15, 0.2) is 11.5 Å². The number of nitrogens with two attached hydrogens (primary N) is 1. The number of carbonyl (C=O) groups is 2. The van der Waals surface area contributed by atoms with Gasteiger partial charge in [0.1, 0.15) is 0 Å². The van der Waals surface area contributed by atoms with E-state index in [0.717, 1.165) is 3.57 Å². The monoisotopic (exact) mass is 440 g/mol. The van der Waals surface area contributed by atoms with Crippen LogP contribution in [0.4, 0.5) is 5.69 Å². The van der Waals surface area contributed by atoms with Crippen molar-refractivity contribution in [1.29, 1.82) is 0 Å². The van der Waals surface area contributed by atoms with E-state index in [1.807, 2.05) is 0 Å². The van der Waals surface area contributed by atoms with Crippen LogP contribution in [0.15, 0.2) is 30.3 Å². The number of carbonyl (C=O) groups excluding carboxylic acids is 2. The summed E-state index contributed by atoms with van der Waals surface area (Å²) in [4.78, 5) is 23.8. The summed E-state index contributed by atoms with van der Waals surface area (Å²) in [6.45, 7) is 1.76. The topological polar surface area (TPSA) is 90.6 Å². The van der Waals surface area contributed by atoms with Gasteiger partial charge in [-0.2, -0.15) is 0 Å². The summed E-state index contributed by atoms with van der Waals surface area (Å²) in [5.41, 5.74) is 7.44. The number of methoxy groups -OCH3 is 2. The first-order valence-electron chi connectivity index (χ1n) is 7.00. The van der Waals surface area contributed by atoms with Gasteiger partial charge >= 0.3 is 0 Å². The lowest BCUT2D eigenvalue weighted by Gasteiger charge is -2.13. The predicted molar refractivity (Wildman–Crippen MR) is 99.9 cm³/mol. The van der Waals surface area contributed by atoms with Crippen molar-refractivity contribution in [2.75, 3.05) is 19.5 Å². The molecule has 0 saturated heterocycles. The van der Waals surface area contributed by atoms with Gasteiger partial charge in [0.2, 0.25) is 5.91 Å². The predicted octanol–water partition coefficient (Wildman–Crippen LogP) is 2.97. The second kappa shape index (κ2) is 7.52. The molecule has 0 bridgehead atoms. The van der Waals surface area contributed by atoms with Gasteiger partial charge < -0.3 is 20.5 Å². The van der Waals surface area contributed by atoms with Crippen molar-refractivity contribution in [3.8, 4) is 11.5 Å². The molecule has 24 heavy (non-hydrogen) atoms. The normalized spacial score (nSPS) is 10.2. The SMILES string of the molecule is COc1cc(I)c(C(=O)Nc2ccc(C(N)=O)c(C)c2)cc1OC. The van der Waals surface area contributed by atoms with Crippen LogP contribution < -0.4 is 20.5 Å². The van der Waals surface area contributed by atoms with Gasteiger partial charge in [-0.15, -0.1) is 0 Å². The van der Waals surface area contributed by atoms with E-state index in [9.17, 15) is 9.59 Å². The maximum absolute atomic E-state index is 12.5. The number of halogens is 1. The average Bonchev–Trinajstić information content (AvgIpc) is 2.54. The van der Waals surface area contributed by atoms with E-state index in [1.165, 1.54) is 14.2 Å². The highest BCUT2D eigenvalue weighted by Gasteiger charge is 2.16. The van der Waals surface area contributed by atoms with E-state index in [4.69, 9.17) is 15.2 Å². The molecule has 2 rings (SSSR count). The summed E-state index contributed by atoms with van der Waals surface area (Å²) in [6, 6.07) is 8.29. The standard InChI is InChI=1S/C17H17IN2O4/c1-9-6-10(4-5-11(9)16(19)21)20-17(22)12-7-14(23-2)15(24-3)8-13(12)18/h4-8H,1-3H3,(H2,19,21)(H,20,22). The third kappa shape index (κ3) is 3.78. The van der Waals surface area contributed by atoms with Crippen LogP contribution in [0.1, 0.15) is 26.3 Å². The van der Waals surface area contributed by atoms with Crippen LogP contribution in [-0.2, 0) is 0 Å². The maximum Gasteiger partial charge on any atom is 0.256 e. The van der Waals surface area contributed by atoms with Crippen LogP contribution in [0, 0.1) is 10.5 Å². The number of ether oxygens (including phenoxy) is 2. The Hall–Kier alpha value is -2.29. The molecule has 0 atom stereocenters. The third-order valence-corrected chi connectivity index (χ3v) is 4.36. The molecule has 2 aromatic carbocycles. The minimum atomic E-state index is -0.500. The van der Waals surface area contributed by atoms with Crippen LogP contribution in [0.2, 0.25) is 0 Å².